The summed E-state index contributed by atoms with van der Waals surface area (Å²) in [5.41, 5.74) is -1.03. The third-order valence-electron chi connectivity index (χ3n) is 2.46. The Morgan fingerprint density at radius 1 is 1.42 bits per heavy atom. The van der Waals surface area contributed by atoms with Gasteiger partial charge in [0.2, 0.25) is 5.91 Å². The van der Waals surface area contributed by atoms with E-state index in [0.717, 1.165) is 18.6 Å². The highest BCUT2D eigenvalue weighted by Gasteiger charge is 2.25. The fraction of sp³-hybridized carbons (Fsp3) is 0.917. The summed E-state index contributed by atoms with van der Waals surface area (Å²) in [6, 6.07) is 0. The molecule has 0 radical (unpaired) electrons. The van der Waals surface area contributed by atoms with Gasteiger partial charge in [-0.2, -0.15) is 11.8 Å². The van der Waals surface area contributed by atoms with Crippen LogP contribution in [-0.2, 0) is 14.9 Å². The number of hydrogen-bond donors (Lipinski definition) is 1. The molecule has 19 heavy (non-hydrogen) atoms. The minimum absolute atomic E-state index is 0.199. The first-order valence-corrected chi connectivity index (χ1v) is 9.14. The van der Waals surface area contributed by atoms with Gasteiger partial charge in [0.15, 0.2) is 0 Å². The SMILES string of the molecule is CCCCSCC(C)C(=O)NC(C)(C)CS(=O)(=O)[O-]. The van der Waals surface area contributed by atoms with E-state index in [2.05, 4.69) is 12.2 Å². The van der Waals surface area contributed by atoms with Crippen LogP contribution in [-0.4, -0.2) is 41.7 Å². The lowest BCUT2D eigenvalue weighted by Gasteiger charge is -2.28. The predicted octanol–water partition coefficient (Wildman–Crippen LogP) is 1.60. The largest absolute Gasteiger partial charge is 0.748 e. The number of nitrogens with one attached hydrogen (secondary N) is 1. The first-order valence-electron chi connectivity index (χ1n) is 6.41. The Hall–Kier alpha value is -0.270. The number of rotatable bonds is 9. The molecule has 0 aromatic rings. The summed E-state index contributed by atoms with van der Waals surface area (Å²) in [5, 5.41) is 2.62. The molecule has 0 rings (SSSR count). The fourth-order valence-electron chi connectivity index (χ4n) is 1.52. The van der Waals surface area contributed by atoms with Gasteiger partial charge in [0.1, 0.15) is 0 Å². The Labute approximate surface area is 120 Å². The van der Waals surface area contributed by atoms with Crippen molar-refractivity contribution in [1.29, 1.82) is 0 Å². The highest BCUT2D eigenvalue weighted by Crippen LogP contribution is 2.13. The summed E-state index contributed by atoms with van der Waals surface area (Å²) in [6.07, 6.45) is 2.25. The smallest absolute Gasteiger partial charge is 0.224 e. The number of amides is 1. The highest BCUT2D eigenvalue weighted by molar-refractivity contribution is 7.99. The van der Waals surface area contributed by atoms with Crippen molar-refractivity contribution in [2.45, 2.75) is 46.1 Å². The van der Waals surface area contributed by atoms with Gasteiger partial charge in [0.25, 0.3) is 0 Å². The molecule has 1 unspecified atom stereocenters. The molecule has 114 valence electrons. The molecule has 0 aromatic carbocycles. The van der Waals surface area contributed by atoms with Gasteiger partial charge in [-0.3, -0.25) is 4.79 Å². The van der Waals surface area contributed by atoms with Gasteiger partial charge in [0.05, 0.1) is 15.9 Å². The first-order chi connectivity index (χ1) is 8.57. The first kappa shape index (κ1) is 18.7. The summed E-state index contributed by atoms with van der Waals surface area (Å²) < 4.78 is 32.2. The van der Waals surface area contributed by atoms with Gasteiger partial charge >= 0.3 is 0 Å². The third kappa shape index (κ3) is 10.2. The molecule has 0 aliphatic carbocycles. The van der Waals surface area contributed by atoms with Gasteiger partial charge in [-0.25, -0.2) is 8.42 Å². The zero-order valence-corrected chi connectivity index (χ0v) is 13.7. The number of carbonyl (C=O) groups is 1. The molecular weight excluding hydrogens is 286 g/mol. The molecule has 1 atom stereocenters. The average molecular weight is 310 g/mol. The molecule has 0 aliphatic heterocycles. The van der Waals surface area contributed by atoms with Crippen LogP contribution in [0, 0.1) is 5.92 Å². The van der Waals surface area contributed by atoms with E-state index in [9.17, 15) is 17.8 Å². The molecule has 0 fully saturated rings. The van der Waals surface area contributed by atoms with Gasteiger partial charge in [-0.15, -0.1) is 0 Å². The van der Waals surface area contributed by atoms with Crippen molar-refractivity contribution in [1.82, 2.24) is 5.32 Å². The van der Waals surface area contributed by atoms with Crippen molar-refractivity contribution in [2.75, 3.05) is 17.3 Å². The van der Waals surface area contributed by atoms with Crippen molar-refractivity contribution in [3.8, 4) is 0 Å². The Bertz CT molecular complexity index is 379. The summed E-state index contributed by atoms with van der Waals surface area (Å²) >= 11 is 1.71. The summed E-state index contributed by atoms with van der Waals surface area (Å²) in [6.45, 7) is 6.99. The summed E-state index contributed by atoms with van der Waals surface area (Å²) in [7, 11) is -4.35. The third-order valence-corrected chi connectivity index (χ3v) is 4.85. The molecule has 0 spiro atoms. The standard InChI is InChI=1S/C12H25NO4S2/c1-5-6-7-18-8-10(2)11(14)13-12(3,4)9-19(15,16)17/h10H,5-9H2,1-4H3,(H,13,14)(H,15,16,17)/p-1. The van der Waals surface area contributed by atoms with E-state index in [1.807, 2.05) is 0 Å². The molecule has 0 saturated heterocycles. The highest BCUT2D eigenvalue weighted by atomic mass is 32.2. The van der Waals surface area contributed by atoms with Crippen LogP contribution in [0.15, 0.2) is 0 Å². The Kier molecular flexibility index (Phi) is 8.00. The summed E-state index contributed by atoms with van der Waals surface area (Å²) in [4.78, 5) is 11.9. The molecular formula is C12H24NO4S2-. The number of hydrogen-bond acceptors (Lipinski definition) is 5. The molecule has 0 saturated carbocycles. The monoisotopic (exact) mass is 310 g/mol. The molecule has 0 bridgehead atoms. The normalized spacial score (nSPS) is 14.2. The van der Waals surface area contributed by atoms with E-state index in [0.29, 0.717) is 5.75 Å². The maximum atomic E-state index is 11.9. The molecule has 7 heteroatoms. The van der Waals surface area contributed by atoms with Crippen molar-refractivity contribution in [3.05, 3.63) is 0 Å². The Morgan fingerprint density at radius 2 is 2.00 bits per heavy atom. The molecule has 0 aliphatic rings. The second-order valence-electron chi connectivity index (χ2n) is 5.40. The van der Waals surface area contributed by atoms with Crippen LogP contribution in [0.4, 0.5) is 0 Å². The second-order valence-corrected chi connectivity index (χ2v) is 7.96. The van der Waals surface area contributed by atoms with E-state index in [1.54, 1.807) is 18.7 Å². The van der Waals surface area contributed by atoms with E-state index in [-0.39, 0.29) is 11.8 Å². The zero-order chi connectivity index (χ0) is 15.1. The Morgan fingerprint density at radius 3 is 2.47 bits per heavy atom. The van der Waals surface area contributed by atoms with Crippen LogP contribution in [0.1, 0.15) is 40.5 Å². The minimum atomic E-state index is -4.35. The van der Waals surface area contributed by atoms with Crippen LogP contribution in [0.2, 0.25) is 0 Å². The number of carbonyl (C=O) groups excluding carboxylic acids is 1. The van der Waals surface area contributed by atoms with Crippen molar-refractivity contribution in [2.24, 2.45) is 5.92 Å². The summed E-state index contributed by atoms with van der Waals surface area (Å²) in [5.74, 6) is 0.716. The molecule has 0 aromatic heterocycles. The maximum Gasteiger partial charge on any atom is 0.224 e. The number of unbranched alkanes of at least 4 members (excludes halogenated alkanes) is 1. The van der Waals surface area contributed by atoms with Crippen LogP contribution in [0.5, 0.6) is 0 Å². The van der Waals surface area contributed by atoms with Crippen LogP contribution < -0.4 is 5.32 Å². The fourth-order valence-corrected chi connectivity index (χ4v) is 3.64. The van der Waals surface area contributed by atoms with Crippen LogP contribution in [0.25, 0.3) is 0 Å². The molecule has 1 N–H and O–H groups in total. The van der Waals surface area contributed by atoms with E-state index in [1.165, 1.54) is 13.8 Å². The topological polar surface area (TPSA) is 86.3 Å². The molecule has 0 heterocycles. The maximum absolute atomic E-state index is 11.9. The zero-order valence-electron chi connectivity index (χ0n) is 12.1. The molecule has 5 nitrogen and oxygen atoms in total. The quantitative estimate of drug-likeness (QED) is 0.516. The Balaban J connectivity index is 4.20. The van der Waals surface area contributed by atoms with Gasteiger partial charge in [-0.1, -0.05) is 20.3 Å². The van der Waals surface area contributed by atoms with Crippen molar-refractivity contribution in [3.63, 3.8) is 0 Å². The number of thioether (sulfide) groups is 1. The lowest BCUT2D eigenvalue weighted by atomic mass is 10.1. The van der Waals surface area contributed by atoms with Crippen molar-refractivity contribution < 1.29 is 17.8 Å². The lowest BCUT2D eigenvalue weighted by Crippen LogP contribution is -2.50. The minimum Gasteiger partial charge on any atom is -0.748 e. The van der Waals surface area contributed by atoms with Gasteiger partial charge < -0.3 is 9.87 Å². The van der Waals surface area contributed by atoms with Gasteiger partial charge in [0, 0.05) is 17.2 Å². The van der Waals surface area contributed by atoms with E-state index in [4.69, 9.17) is 0 Å². The predicted molar refractivity (Wildman–Crippen MR) is 78.2 cm³/mol. The van der Waals surface area contributed by atoms with Crippen LogP contribution >= 0.6 is 11.8 Å². The van der Waals surface area contributed by atoms with Crippen molar-refractivity contribution >= 4 is 27.8 Å². The molecule has 1 amide bonds. The van der Waals surface area contributed by atoms with E-state index >= 15 is 0 Å². The van der Waals surface area contributed by atoms with Gasteiger partial charge in [-0.05, 0) is 26.0 Å². The average Bonchev–Trinajstić information content (AvgIpc) is 2.19. The lowest BCUT2D eigenvalue weighted by molar-refractivity contribution is -0.125. The van der Waals surface area contributed by atoms with E-state index < -0.39 is 21.4 Å². The second kappa shape index (κ2) is 8.11. The van der Waals surface area contributed by atoms with Crippen LogP contribution in [0.3, 0.4) is 0 Å².